The highest BCUT2D eigenvalue weighted by Gasteiger charge is 2.20. The number of benzene rings is 1. The lowest BCUT2D eigenvalue weighted by Crippen LogP contribution is -2.43. The fourth-order valence-corrected chi connectivity index (χ4v) is 2.20. The number of amides is 1. The largest absolute Gasteiger partial charge is 0.497 e. The second-order valence-corrected chi connectivity index (χ2v) is 4.67. The predicted octanol–water partition coefficient (Wildman–Crippen LogP) is 2.51. The van der Waals surface area contributed by atoms with Gasteiger partial charge in [-0.05, 0) is 50.1 Å². The van der Waals surface area contributed by atoms with Crippen molar-refractivity contribution >= 4 is 24.0 Å². The molecule has 2 N–H and O–H groups in total. The first kappa shape index (κ1) is 15.8. The Balaban J connectivity index is 0.00000180. The summed E-state index contributed by atoms with van der Waals surface area (Å²) >= 11 is 0. The zero-order valence-electron chi connectivity index (χ0n) is 11.4. The third kappa shape index (κ3) is 4.11. The number of hydrogen-bond donors (Lipinski definition) is 2. The van der Waals surface area contributed by atoms with Crippen LogP contribution in [0.4, 0.5) is 5.69 Å². The van der Waals surface area contributed by atoms with E-state index in [1.54, 1.807) is 7.11 Å². The molecule has 2 rings (SSSR count). The second kappa shape index (κ2) is 7.36. The van der Waals surface area contributed by atoms with E-state index in [2.05, 4.69) is 10.6 Å². The lowest BCUT2D eigenvalue weighted by molar-refractivity contribution is -0.118. The summed E-state index contributed by atoms with van der Waals surface area (Å²) in [6.45, 7) is 2.89. The van der Waals surface area contributed by atoms with E-state index in [-0.39, 0.29) is 24.4 Å². The minimum atomic E-state index is -0.0553. The van der Waals surface area contributed by atoms with Crippen LogP contribution in [0.15, 0.2) is 18.2 Å². The first-order valence-electron chi connectivity index (χ1n) is 6.39. The Morgan fingerprint density at radius 3 is 2.79 bits per heavy atom. The van der Waals surface area contributed by atoms with Crippen LogP contribution in [0.1, 0.15) is 24.8 Å². The first-order valence-corrected chi connectivity index (χ1v) is 6.39. The van der Waals surface area contributed by atoms with Gasteiger partial charge in [-0.1, -0.05) is 6.42 Å². The quantitative estimate of drug-likeness (QED) is 0.897. The third-order valence-electron chi connectivity index (χ3n) is 3.32. The minimum absolute atomic E-state index is 0. The highest BCUT2D eigenvalue weighted by molar-refractivity contribution is 5.95. The SMILES string of the molecule is COc1ccc(NC(=O)C2CCCCN2)c(C)c1.Cl. The molecule has 0 spiro atoms. The van der Waals surface area contributed by atoms with Crippen molar-refractivity contribution in [2.45, 2.75) is 32.2 Å². The van der Waals surface area contributed by atoms with Crippen LogP contribution in [0.3, 0.4) is 0 Å². The Hall–Kier alpha value is -1.26. The normalized spacial score (nSPS) is 18.3. The molecule has 1 fully saturated rings. The van der Waals surface area contributed by atoms with Gasteiger partial charge in [0, 0.05) is 5.69 Å². The number of methoxy groups -OCH3 is 1. The molecule has 4 nitrogen and oxygen atoms in total. The van der Waals surface area contributed by atoms with E-state index < -0.39 is 0 Å². The molecule has 1 aliphatic rings. The molecule has 106 valence electrons. The van der Waals surface area contributed by atoms with Crippen LogP contribution in [-0.2, 0) is 4.79 Å². The van der Waals surface area contributed by atoms with E-state index in [0.717, 1.165) is 42.8 Å². The van der Waals surface area contributed by atoms with E-state index in [9.17, 15) is 4.79 Å². The number of piperidine rings is 1. The molecule has 5 heteroatoms. The van der Waals surface area contributed by atoms with Crippen LogP contribution in [0.25, 0.3) is 0 Å². The van der Waals surface area contributed by atoms with Gasteiger partial charge in [-0.3, -0.25) is 4.79 Å². The maximum atomic E-state index is 12.1. The molecule has 1 aromatic rings. The lowest BCUT2D eigenvalue weighted by atomic mass is 10.0. The number of ether oxygens (including phenoxy) is 1. The summed E-state index contributed by atoms with van der Waals surface area (Å²) in [5.41, 5.74) is 1.87. The lowest BCUT2D eigenvalue weighted by Gasteiger charge is -2.23. The smallest absolute Gasteiger partial charge is 0.241 e. The van der Waals surface area contributed by atoms with E-state index in [4.69, 9.17) is 4.74 Å². The standard InChI is InChI=1S/C14H20N2O2.ClH/c1-10-9-11(18-2)6-7-12(10)16-14(17)13-5-3-4-8-15-13;/h6-7,9,13,15H,3-5,8H2,1-2H3,(H,16,17);1H. The van der Waals surface area contributed by atoms with E-state index in [1.165, 1.54) is 0 Å². The predicted molar refractivity (Wildman–Crippen MR) is 79.3 cm³/mol. The van der Waals surface area contributed by atoms with Gasteiger partial charge in [-0.2, -0.15) is 0 Å². The number of nitrogens with one attached hydrogen (secondary N) is 2. The van der Waals surface area contributed by atoms with Crippen molar-refractivity contribution in [2.75, 3.05) is 19.0 Å². The van der Waals surface area contributed by atoms with Crippen LogP contribution in [-0.4, -0.2) is 25.6 Å². The van der Waals surface area contributed by atoms with Crippen LogP contribution in [0, 0.1) is 6.92 Å². The summed E-state index contributed by atoms with van der Waals surface area (Å²) in [5.74, 6) is 0.865. The molecule has 0 radical (unpaired) electrons. The highest BCUT2D eigenvalue weighted by atomic mass is 35.5. The van der Waals surface area contributed by atoms with Gasteiger partial charge in [0.15, 0.2) is 0 Å². The van der Waals surface area contributed by atoms with Gasteiger partial charge >= 0.3 is 0 Å². The van der Waals surface area contributed by atoms with Crippen molar-refractivity contribution in [3.63, 3.8) is 0 Å². The van der Waals surface area contributed by atoms with Gasteiger partial charge < -0.3 is 15.4 Å². The van der Waals surface area contributed by atoms with Crippen LogP contribution in [0.2, 0.25) is 0 Å². The summed E-state index contributed by atoms with van der Waals surface area (Å²) in [7, 11) is 1.64. The summed E-state index contributed by atoms with van der Waals surface area (Å²) in [6.07, 6.45) is 3.19. The van der Waals surface area contributed by atoms with Crippen molar-refractivity contribution in [2.24, 2.45) is 0 Å². The summed E-state index contributed by atoms with van der Waals surface area (Å²) < 4.78 is 5.15. The maximum absolute atomic E-state index is 12.1. The molecule has 1 unspecified atom stereocenters. The van der Waals surface area contributed by atoms with Crippen molar-refractivity contribution < 1.29 is 9.53 Å². The summed E-state index contributed by atoms with van der Waals surface area (Å²) in [6, 6.07) is 5.61. The molecule has 0 bridgehead atoms. The molecular formula is C14H21ClN2O2. The first-order chi connectivity index (χ1) is 8.70. The van der Waals surface area contributed by atoms with Crippen molar-refractivity contribution in [3.8, 4) is 5.75 Å². The molecule has 19 heavy (non-hydrogen) atoms. The average molecular weight is 285 g/mol. The molecule has 1 aliphatic heterocycles. The minimum Gasteiger partial charge on any atom is -0.497 e. The van der Waals surface area contributed by atoms with Gasteiger partial charge in [-0.15, -0.1) is 12.4 Å². The molecule has 1 saturated heterocycles. The topological polar surface area (TPSA) is 50.4 Å². The van der Waals surface area contributed by atoms with Gasteiger partial charge in [0.2, 0.25) is 5.91 Å². The number of carbonyl (C=O) groups is 1. The molecule has 1 aromatic carbocycles. The van der Waals surface area contributed by atoms with Crippen LogP contribution >= 0.6 is 12.4 Å². The van der Waals surface area contributed by atoms with Gasteiger partial charge in [0.1, 0.15) is 5.75 Å². The molecule has 1 heterocycles. The maximum Gasteiger partial charge on any atom is 0.241 e. The van der Waals surface area contributed by atoms with E-state index >= 15 is 0 Å². The third-order valence-corrected chi connectivity index (χ3v) is 3.32. The number of hydrogen-bond acceptors (Lipinski definition) is 3. The molecule has 1 amide bonds. The van der Waals surface area contributed by atoms with Crippen molar-refractivity contribution in [1.29, 1.82) is 0 Å². The highest BCUT2D eigenvalue weighted by Crippen LogP contribution is 2.21. The zero-order chi connectivity index (χ0) is 13.0. The molecule has 0 saturated carbocycles. The zero-order valence-corrected chi connectivity index (χ0v) is 12.2. The molecule has 1 atom stereocenters. The fourth-order valence-electron chi connectivity index (χ4n) is 2.20. The van der Waals surface area contributed by atoms with Crippen LogP contribution < -0.4 is 15.4 Å². The van der Waals surface area contributed by atoms with Crippen LogP contribution in [0.5, 0.6) is 5.75 Å². The molecular weight excluding hydrogens is 264 g/mol. The summed E-state index contributed by atoms with van der Waals surface area (Å²) in [5, 5.41) is 6.22. The van der Waals surface area contributed by atoms with Gasteiger partial charge in [-0.25, -0.2) is 0 Å². The van der Waals surface area contributed by atoms with E-state index in [0.29, 0.717) is 0 Å². The number of carbonyl (C=O) groups excluding carboxylic acids is 1. The van der Waals surface area contributed by atoms with Crippen molar-refractivity contribution in [1.82, 2.24) is 5.32 Å². The monoisotopic (exact) mass is 284 g/mol. The number of anilines is 1. The van der Waals surface area contributed by atoms with Gasteiger partial charge in [0.25, 0.3) is 0 Å². The number of aryl methyl sites for hydroxylation is 1. The summed E-state index contributed by atoms with van der Waals surface area (Å²) in [4.78, 5) is 12.1. The number of rotatable bonds is 3. The molecule has 0 aromatic heterocycles. The average Bonchev–Trinajstić information content (AvgIpc) is 2.42. The molecule has 0 aliphatic carbocycles. The Labute approximate surface area is 120 Å². The van der Waals surface area contributed by atoms with E-state index in [1.807, 2.05) is 25.1 Å². The Morgan fingerprint density at radius 2 is 2.21 bits per heavy atom. The van der Waals surface area contributed by atoms with Gasteiger partial charge in [0.05, 0.1) is 13.2 Å². The van der Waals surface area contributed by atoms with Crippen molar-refractivity contribution in [3.05, 3.63) is 23.8 Å². The fraction of sp³-hybridized carbons (Fsp3) is 0.500. The Kier molecular flexibility index (Phi) is 6.12. The Morgan fingerprint density at radius 1 is 1.42 bits per heavy atom. The second-order valence-electron chi connectivity index (χ2n) is 4.67. The Bertz CT molecular complexity index is 431. The number of halogens is 1.